The van der Waals surface area contributed by atoms with Gasteiger partial charge in [0.25, 0.3) is 0 Å². The third-order valence-electron chi connectivity index (χ3n) is 1.52. The summed E-state index contributed by atoms with van der Waals surface area (Å²) in [4.78, 5) is 19.4. The summed E-state index contributed by atoms with van der Waals surface area (Å²) in [5, 5.41) is 8.67. The number of hydrogen-bond donors (Lipinski definition) is 2. The number of benzene rings is 1. The van der Waals surface area contributed by atoms with Gasteiger partial charge in [-0.05, 0) is 25.5 Å². The van der Waals surface area contributed by atoms with Crippen molar-refractivity contribution in [2.24, 2.45) is 0 Å². The minimum atomic E-state index is -0.972. The summed E-state index contributed by atoms with van der Waals surface area (Å²) in [5.41, 5.74) is 6.65. The lowest BCUT2D eigenvalue weighted by atomic mass is 10.1. The van der Waals surface area contributed by atoms with Crippen molar-refractivity contribution in [3.8, 4) is 0 Å². The van der Waals surface area contributed by atoms with E-state index in [9.17, 15) is 4.79 Å². The number of aldehydes is 1. The maximum atomic E-state index is 10.6. The molecule has 0 aliphatic rings. The van der Waals surface area contributed by atoms with Crippen molar-refractivity contribution in [3.63, 3.8) is 0 Å². The molecule has 4 nitrogen and oxygen atoms in total. The molecule has 1 aromatic rings. The highest BCUT2D eigenvalue weighted by Gasteiger charge is 2.09. The van der Waals surface area contributed by atoms with Gasteiger partial charge in [0.05, 0.1) is 5.56 Å². The van der Waals surface area contributed by atoms with Crippen LogP contribution in [-0.2, 0) is 4.79 Å². The Kier molecular flexibility index (Phi) is 4.99. The molecule has 3 N–H and O–H groups in total. The average molecular weight is 195 g/mol. The molecule has 4 heteroatoms. The zero-order chi connectivity index (χ0) is 11.1. The van der Waals surface area contributed by atoms with E-state index in [2.05, 4.69) is 0 Å². The van der Waals surface area contributed by atoms with Gasteiger partial charge < -0.3 is 15.6 Å². The van der Waals surface area contributed by atoms with Crippen molar-refractivity contribution >= 4 is 17.9 Å². The molecule has 0 spiro atoms. The number of carbonyl (C=O) groups is 2. The van der Waals surface area contributed by atoms with Gasteiger partial charge in [0.1, 0.15) is 6.29 Å². The molecule has 0 fully saturated rings. The fraction of sp³-hybridized carbons (Fsp3) is 0.200. The molecule has 0 saturated heterocycles. The third kappa shape index (κ3) is 3.26. The van der Waals surface area contributed by atoms with E-state index in [0.717, 1.165) is 6.29 Å². The third-order valence-corrected chi connectivity index (χ3v) is 1.52. The molecule has 1 rings (SSSR count). The van der Waals surface area contributed by atoms with Gasteiger partial charge in [-0.2, -0.15) is 0 Å². The summed E-state index contributed by atoms with van der Waals surface area (Å²) in [6.07, 6.45) is 0.750. The summed E-state index contributed by atoms with van der Waals surface area (Å²) in [7, 11) is 0. The zero-order valence-corrected chi connectivity index (χ0v) is 8.15. The zero-order valence-electron chi connectivity index (χ0n) is 8.15. The van der Waals surface area contributed by atoms with Gasteiger partial charge >= 0.3 is 5.97 Å². The van der Waals surface area contributed by atoms with Gasteiger partial charge in [-0.25, -0.2) is 4.79 Å². The molecule has 0 radical (unpaired) electrons. The summed E-state index contributed by atoms with van der Waals surface area (Å²) in [6, 6.07) is 5.04. The fourth-order valence-electron chi connectivity index (χ4n) is 0.983. The first-order valence-electron chi connectivity index (χ1n) is 4.02. The summed E-state index contributed by atoms with van der Waals surface area (Å²) >= 11 is 0. The highest BCUT2D eigenvalue weighted by molar-refractivity contribution is 5.95. The molecule has 0 aromatic heterocycles. The topological polar surface area (TPSA) is 80.4 Å². The van der Waals surface area contributed by atoms with Gasteiger partial charge in [-0.3, -0.25) is 0 Å². The molecular formula is C10H13NO3. The molecular weight excluding hydrogens is 182 g/mol. The normalized spacial score (nSPS) is 8.43. The van der Waals surface area contributed by atoms with Crippen molar-refractivity contribution in [1.29, 1.82) is 0 Å². The second-order valence-corrected chi connectivity index (χ2v) is 2.58. The fourth-order valence-corrected chi connectivity index (χ4v) is 0.983. The van der Waals surface area contributed by atoms with Crippen LogP contribution in [-0.4, -0.2) is 17.4 Å². The van der Waals surface area contributed by atoms with E-state index < -0.39 is 5.97 Å². The van der Waals surface area contributed by atoms with Crippen LogP contribution in [0, 0.1) is 6.92 Å². The Morgan fingerprint density at radius 1 is 1.50 bits per heavy atom. The van der Waals surface area contributed by atoms with Gasteiger partial charge in [-0.1, -0.05) is 12.1 Å². The molecule has 76 valence electrons. The molecule has 0 unspecified atom stereocenters. The SMILES string of the molecule is CC=O.Cc1cccc(N)c1C(=O)O. The highest BCUT2D eigenvalue weighted by Crippen LogP contribution is 2.15. The minimum Gasteiger partial charge on any atom is -0.478 e. The smallest absolute Gasteiger partial charge is 0.338 e. The molecule has 0 aliphatic heterocycles. The molecule has 0 atom stereocenters. The van der Waals surface area contributed by atoms with E-state index in [1.54, 1.807) is 25.1 Å². The first-order valence-corrected chi connectivity index (χ1v) is 4.02. The largest absolute Gasteiger partial charge is 0.478 e. The molecule has 0 amide bonds. The van der Waals surface area contributed by atoms with E-state index in [0.29, 0.717) is 11.3 Å². The molecule has 0 saturated carbocycles. The van der Waals surface area contributed by atoms with Crippen molar-refractivity contribution in [1.82, 2.24) is 0 Å². The van der Waals surface area contributed by atoms with Crippen LogP contribution in [0.15, 0.2) is 18.2 Å². The monoisotopic (exact) mass is 195 g/mol. The van der Waals surface area contributed by atoms with E-state index in [-0.39, 0.29) is 5.56 Å². The maximum absolute atomic E-state index is 10.6. The second kappa shape index (κ2) is 5.75. The van der Waals surface area contributed by atoms with Gasteiger partial charge in [0, 0.05) is 5.69 Å². The standard InChI is InChI=1S/C8H9NO2.C2H4O/c1-5-3-2-4-6(9)7(5)8(10)11;1-2-3/h2-4H,9H2,1H3,(H,10,11);2H,1H3. The van der Waals surface area contributed by atoms with Crippen LogP contribution in [0.4, 0.5) is 5.69 Å². The van der Waals surface area contributed by atoms with Gasteiger partial charge in [-0.15, -0.1) is 0 Å². The van der Waals surface area contributed by atoms with Crippen LogP contribution in [0.3, 0.4) is 0 Å². The lowest BCUT2D eigenvalue weighted by Gasteiger charge is -2.02. The molecule has 0 bridgehead atoms. The first kappa shape index (κ1) is 12.2. The van der Waals surface area contributed by atoms with Crippen molar-refractivity contribution in [2.45, 2.75) is 13.8 Å². The number of aromatic carboxylic acids is 1. The Morgan fingerprint density at radius 3 is 2.29 bits per heavy atom. The number of rotatable bonds is 1. The predicted molar refractivity (Wildman–Crippen MR) is 54.3 cm³/mol. The number of hydrogen-bond acceptors (Lipinski definition) is 3. The maximum Gasteiger partial charge on any atom is 0.338 e. The summed E-state index contributed by atoms with van der Waals surface area (Å²) in [5.74, 6) is -0.972. The van der Waals surface area contributed by atoms with Crippen molar-refractivity contribution < 1.29 is 14.7 Å². The Bertz CT molecular complexity index is 314. The number of carboxylic acid groups (broad SMARTS) is 1. The van der Waals surface area contributed by atoms with E-state index in [1.165, 1.54) is 6.92 Å². The van der Waals surface area contributed by atoms with Crippen LogP contribution >= 0.6 is 0 Å². The Morgan fingerprint density at radius 2 is 2.00 bits per heavy atom. The molecule has 0 heterocycles. The number of nitrogens with two attached hydrogens (primary N) is 1. The Hall–Kier alpha value is -1.84. The van der Waals surface area contributed by atoms with Crippen LogP contribution in [0.1, 0.15) is 22.8 Å². The van der Waals surface area contributed by atoms with E-state index >= 15 is 0 Å². The van der Waals surface area contributed by atoms with Crippen molar-refractivity contribution in [2.75, 3.05) is 5.73 Å². The van der Waals surface area contributed by atoms with E-state index in [1.807, 2.05) is 0 Å². The number of carbonyl (C=O) groups excluding carboxylic acids is 1. The second-order valence-electron chi connectivity index (χ2n) is 2.58. The molecule has 0 aliphatic carbocycles. The lowest BCUT2D eigenvalue weighted by Crippen LogP contribution is -2.04. The molecule has 1 aromatic carbocycles. The Balaban J connectivity index is 0.000000500. The van der Waals surface area contributed by atoms with Crippen LogP contribution in [0.5, 0.6) is 0 Å². The predicted octanol–water partition coefficient (Wildman–Crippen LogP) is 1.48. The average Bonchev–Trinajstić information content (AvgIpc) is 2.04. The van der Waals surface area contributed by atoms with E-state index in [4.69, 9.17) is 15.6 Å². The molecule has 14 heavy (non-hydrogen) atoms. The number of carboxylic acids is 1. The number of anilines is 1. The highest BCUT2D eigenvalue weighted by atomic mass is 16.4. The lowest BCUT2D eigenvalue weighted by molar-refractivity contribution is -0.106. The minimum absolute atomic E-state index is 0.201. The quantitative estimate of drug-likeness (QED) is 0.525. The van der Waals surface area contributed by atoms with Crippen LogP contribution in [0.2, 0.25) is 0 Å². The number of nitrogen functional groups attached to an aromatic ring is 1. The number of aryl methyl sites for hydroxylation is 1. The van der Waals surface area contributed by atoms with Gasteiger partial charge in [0.2, 0.25) is 0 Å². The summed E-state index contributed by atoms with van der Waals surface area (Å²) in [6.45, 7) is 3.17. The van der Waals surface area contributed by atoms with Gasteiger partial charge in [0.15, 0.2) is 0 Å². The Labute approximate surface area is 82.4 Å². The van der Waals surface area contributed by atoms with Crippen LogP contribution < -0.4 is 5.73 Å². The van der Waals surface area contributed by atoms with Crippen LogP contribution in [0.25, 0.3) is 0 Å². The summed E-state index contributed by atoms with van der Waals surface area (Å²) < 4.78 is 0. The first-order chi connectivity index (χ1) is 6.54. The van der Waals surface area contributed by atoms with Crippen molar-refractivity contribution in [3.05, 3.63) is 29.3 Å².